The monoisotopic (exact) mass is 298 g/mol. The van der Waals surface area contributed by atoms with E-state index >= 15 is 0 Å². The first-order valence-corrected chi connectivity index (χ1v) is 8.74. The molecule has 0 amide bonds. The minimum Gasteiger partial charge on any atom is -0.491 e. The van der Waals surface area contributed by atoms with Gasteiger partial charge in [0.1, 0.15) is 12.4 Å². The maximum atomic E-state index is 6.37. The molecule has 118 valence electrons. The fourth-order valence-corrected chi connectivity index (χ4v) is 5.33. The molecule has 4 saturated carbocycles. The molecule has 4 aliphatic rings. The third-order valence-electron chi connectivity index (χ3n) is 5.86. The van der Waals surface area contributed by atoms with Crippen LogP contribution in [0.25, 0.3) is 6.08 Å². The molecule has 0 N–H and O–H groups in total. The summed E-state index contributed by atoms with van der Waals surface area (Å²) in [6.45, 7) is 5.13. The van der Waals surface area contributed by atoms with Crippen molar-refractivity contribution in [2.75, 3.05) is 13.2 Å². The molecule has 0 unspecified atom stereocenters. The average Bonchev–Trinajstić information content (AvgIpc) is 2.51. The van der Waals surface area contributed by atoms with Gasteiger partial charge in [0.2, 0.25) is 0 Å². The predicted octanol–water partition coefficient (Wildman–Crippen LogP) is 4.69. The summed E-state index contributed by atoms with van der Waals surface area (Å²) in [5.41, 5.74) is 1.32. The van der Waals surface area contributed by atoms with Gasteiger partial charge in [-0.3, -0.25) is 0 Å². The second-order valence-corrected chi connectivity index (χ2v) is 7.57. The Bertz CT molecular complexity index is 496. The minimum absolute atomic E-state index is 0.199. The Morgan fingerprint density at radius 1 is 0.955 bits per heavy atom. The van der Waals surface area contributed by atoms with Crippen molar-refractivity contribution in [2.24, 2.45) is 17.8 Å². The Labute approximate surface area is 133 Å². The van der Waals surface area contributed by atoms with Crippen LogP contribution >= 0.6 is 0 Å². The third kappa shape index (κ3) is 2.81. The Balaban J connectivity index is 1.27. The third-order valence-corrected chi connectivity index (χ3v) is 5.86. The van der Waals surface area contributed by atoms with E-state index in [4.69, 9.17) is 9.47 Å². The van der Waals surface area contributed by atoms with E-state index in [2.05, 4.69) is 6.58 Å². The van der Waals surface area contributed by atoms with Crippen LogP contribution < -0.4 is 4.74 Å². The number of hydrogen-bond acceptors (Lipinski definition) is 2. The van der Waals surface area contributed by atoms with Gasteiger partial charge in [0.05, 0.1) is 12.2 Å². The lowest BCUT2D eigenvalue weighted by atomic mass is 9.54. The molecule has 1 aromatic carbocycles. The average molecular weight is 298 g/mol. The van der Waals surface area contributed by atoms with Crippen LogP contribution in [0.4, 0.5) is 0 Å². The predicted molar refractivity (Wildman–Crippen MR) is 88.9 cm³/mol. The van der Waals surface area contributed by atoms with Crippen LogP contribution in [0.15, 0.2) is 30.8 Å². The molecule has 0 aromatic heterocycles. The van der Waals surface area contributed by atoms with E-state index in [9.17, 15) is 0 Å². The van der Waals surface area contributed by atoms with Gasteiger partial charge in [-0.15, -0.1) is 0 Å². The summed E-state index contributed by atoms with van der Waals surface area (Å²) in [6, 6.07) is 8.06. The molecule has 2 nitrogen and oxygen atoms in total. The molecule has 0 saturated heterocycles. The molecule has 0 atom stereocenters. The Morgan fingerprint density at radius 2 is 1.55 bits per heavy atom. The number of ether oxygens (including phenoxy) is 2. The molecule has 0 radical (unpaired) electrons. The maximum absolute atomic E-state index is 6.37. The summed E-state index contributed by atoms with van der Waals surface area (Å²) < 4.78 is 12.2. The highest BCUT2D eigenvalue weighted by Gasteiger charge is 2.51. The second kappa shape index (κ2) is 5.73. The van der Waals surface area contributed by atoms with Crippen molar-refractivity contribution < 1.29 is 9.47 Å². The van der Waals surface area contributed by atoms with Gasteiger partial charge in [0, 0.05) is 0 Å². The lowest BCUT2D eigenvalue weighted by molar-refractivity contribution is -0.165. The van der Waals surface area contributed by atoms with E-state index in [1.54, 1.807) is 0 Å². The number of benzene rings is 1. The van der Waals surface area contributed by atoms with Gasteiger partial charge in [-0.2, -0.15) is 0 Å². The summed E-state index contributed by atoms with van der Waals surface area (Å²) in [4.78, 5) is 0. The van der Waals surface area contributed by atoms with Crippen LogP contribution in [0.5, 0.6) is 5.75 Å². The molecule has 0 spiro atoms. The van der Waals surface area contributed by atoms with Gasteiger partial charge >= 0.3 is 0 Å². The summed E-state index contributed by atoms with van der Waals surface area (Å²) in [5, 5.41) is 0. The zero-order valence-corrected chi connectivity index (χ0v) is 13.3. The topological polar surface area (TPSA) is 18.5 Å². The fraction of sp³-hybridized carbons (Fsp3) is 0.600. The molecule has 4 aliphatic carbocycles. The van der Waals surface area contributed by atoms with Crippen molar-refractivity contribution >= 4 is 6.08 Å². The van der Waals surface area contributed by atoms with Crippen molar-refractivity contribution in [3.63, 3.8) is 0 Å². The molecular formula is C20H26O2. The highest BCUT2D eigenvalue weighted by Crippen LogP contribution is 2.57. The Hall–Kier alpha value is -1.28. The van der Waals surface area contributed by atoms with Crippen molar-refractivity contribution in [2.45, 2.75) is 44.1 Å². The zero-order valence-electron chi connectivity index (χ0n) is 13.3. The first kappa shape index (κ1) is 14.3. The van der Waals surface area contributed by atoms with Crippen molar-refractivity contribution in [1.29, 1.82) is 0 Å². The van der Waals surface area contributed by atoms with Gasteiger partial charge in [0.25, 0.3) is 0 Å². The Kier molecular flexibility index (Phi) is 3.73. The van der Waals surface area contributed by atoms with Crippen molar-refractivity contribution in [1.82, 2.24) is 0 Å². The van der Waals surface area contributed by atoms with Crippen molar-refractivity contribution in [3.8, 4) is 5.75 Å². The summed E-state index contributed by atoms with van der Waals surface area (Å²) in [5.74, 6) is 3.75. The lowest BCUT2D eigenvalue weighted by Gasteiger charge is -2.56. The van der Waals surface area contributed by atoms with Gasteiger partial charge in [-0.25, -0.2) is 0 Å². The van der Waals surface area contributed by atoms with Crippen LogP contribution in [-0.4, -0.2) is 18.8 Å². The number of rotatable bonds is 6. The van der Waals surface area contributed by atoms with Crippen LogP contribution in [0.2, 0.25) is 0 Å². The van der Waals surface area contributed by atoms with Crippen LogP contribution in [-0.2, 0) is 4.74 Å². The molecule has 5 rings (SSSR count). The number of hydrogen-bond donors (Lipinski definition) is 0. The van der Waals surface area contributed by atoms with Gasteiger partial charge in [-0.1, -0.05) is 24.8 Å². The standard InChI is InChI=1S/C20H26O2/c1-2-15-3-5-19(6-4-15)21-7-8-22-20-12-16-9-17(13-20)11-18(10-16)14-20/h2-6,16-18H,1,7-14H2. The van der Waals surface area contributed by atoms with Crippen LogP contribution in [0.1, 0.15) is 44.1 Å². The summed E-state index contributed by atoms with van der Waals surface area (Å²) in [7, 11) is 0. The molecule has 0 aliphatic heterocycles. The van der Waals surface area contributed by atoms with Crippen LogP contribution in [0.3, 0.4) is 0 Å². The first-order chi connectivity index (χ1) is 10.7. The van der Waals surface area contributed by atoms with E-state index in [0.717, 1.165) is 35.7 Å². The van der Waals surface area contributed by atoms with Crippen LogP contribution in [0, 0.1) is 17.8 Å². The Morgan fingerprint density at radius 3 is 2.09 bits per heavy atom. The van der Waals surface area contributed by atoms with Gasteiger partial charge in [-0.05, 0) is 74.0 Å². The molecule has 22 heavy (non-hydrogen) atoms. The molecule has 1 aromatic rings. The first-order valence-electron chi connectivity index (χ1n) is 8.74. The molecule has 4 bridgehead atoms. The fourth-order valence-electron chi connectivity index (χ4n) is 5.33. The quantitative estimate of drug-likeness (QED) is 0.709. The van der Waals surface area contributed by atoms with E-state index in [1.807, 2.05) is 30.3 Å². The van der Waals surface area contributed by atoms with Gasteiger partial charge in [0.15, 0.2) is 0 Å². The van der Waals surface area contributed by atoms with Crippen molar-refractivity contribution in [3.05, 3.63) is 36.4 Å². The summed E-state index contributed by atoms with van der Waals surface area (Å²) >= 11 is 0. The lowest BCUT2D eigenvalue weighted by Crippen LogP contribution is -2.52. The molecule has 0 heterocycles. The molecule has 2 heteroatoms. The van der Waals surface area contributed by atoms with E-state index in [0.29, 0.717) is 6.61 Å². The second-order valence-electron chi connectivity index (χ2n) is 7.57. The molecule has 4 fully saturated rings. The molecular weight excluding hydrogens is 272 g/mol. The smallest absolute Gasteiger partial charge is 0.119 e. The minimum atomic E-state index is 0.199. The summed E-state index contributed by atoms with van der Waals surface area (Å²) in [6.07, 6.45) is 10.1. The highest BCUT2D eigenvalue weighted by molar-refractivity contribution is 5.48. The van der Waals surface area contributed by atoms with Gasteiger partial charge < -0.3 is 9.47 Å². The normalized spacial score (nSPS) is 35.5. The maximum Gasteiger partial charge on any atom is 0.119 e. The zero-order chi connectivity index (χ0) is 15.0. The SMILES string of the molecule is C=Cc1ccc(OCCOC23CC4CC(CC(C4)C2)C3)cc1. The van der Waals surface area contributed by atoms with E-state index in [-0.39, 0.29) is 5.60 Å². The largest absolute Gasteiger partial charge is 0.491 e. The van der Waals surface area contributed by atoms with E-state index in [1.165, 1.54) is 38.5 Å². The van der Waals surface area contributed by atoms with E-state index < -0.39 is 0 Å². The highest BCUT2D eigenvalue weighted by atomic mass is 16.5.